The second kappa shape index (κ2) is 60.0. The highest BCUT2D eigenvalue weighted by Gasteiger charge is 2.22. The molecule has 0 radical (unpaired) electrons. The van der Waals surface area contributed by atoms with Crippen molar-refractivity contribution in [2.75, 3.05) is 47.5 Å². The maximum absolute atomic E-state index is 12.9. The van der Waals surface area contributed by atoms with Gasteiger partial charge in [0.2, 0.25) is 0 Å². The number of carboxylic acids is 1. The summed E-state index contributed by atoms with van der Waals surface area (Å²) in [6.07, 6.45) is 85.9. The van der Waals surface area contributed by atoms with Crippen LogP contribution in [-0.2, 0) is 33.3 Å². The van der Waals surface area contributed by atoms with Gasteiger partial charge in [0.25, 0.3) is 0 Å². The Balaban J connectivity index is 4.27. The molecule has 0 heterocycles. The third-order valence-corrected chi connectivity index (χ3v) is 12.5. The first-order chi connectivity index (χ1) is 39.1. The van der Waals surface area contributed by atoms with Crippen molar-refractivity contribution in [2.45, 2.75) is 225 Å². The van der Waals surface area contributed by atoms with Gasteiger partial charge in [-0.3, -0.25) is 9.59 Å². The number of hydrogen-bond donors (Lipinski definition) is 0. The number of esters is 2. The number of quaternary nitrogens is 1. The van der Waals surface area contributed by atoms with Gasteiger partial charge in [-0.25, -0.2) is 0 Å². The monoisotopic (exact) mass is 1110 g/mol. The van der Waals surface area contributed by atoms with Crippen molar-refractivity contribution < 1.29 is 42.9 Å². The van der Waals surface area contributed by atoms with E-state index < -0.39 is 24.3 Å². The van der Waals surface area contributed by atoms with Crippen LogP contribution in [-0.4, -0.2) is 82.3 Å². The third-order valence-electron chi connectivity index (χ3n) is 12.5. The highest BCUT2D eigenvalue weighted by atomic mass is 16.7. The van der Waals surface area contributed by atoms with E-state index in [9.17, 15) is 19.5 Å². The van der Waals surface area contributed by atoms with E-state index in [4.69, 9.17) is 18.9 Å². The molecular formula is C71H113NO8. The molecule has 0 aliphatic rings. The summed E-state index contributed by atoms with van der Waals surface area (Å²) in [6.45, 7) is 4.55. The van der Waals surface area contributed by atoms with E-state index in [-0.39, 0.29) is 38.6 Å². The van der Waals surface area contributed by atoms with Crippen LogP contribution in [0.25, 0.3) is 0 Å². The van der Waals surface area contributed by atoms with Gasteiger partial charge in [0.05, 0.1) is 40.3 Å². The summed E-state index contributed by atoms with van der Waals surface area (Å²) in [5, 5.41) is 11.8. The van der Waals surface area contributed by atoms with Crippen LogP contribution < -0.4 is 5.11 Å². The normalized spacial score (nSPS) is 13.9. The first-order valence-electron chi connectivity index (χ1n) is 31.1. The lowest BCUT2D eigenvalue weighted by Crippen LogP contribution is -2.44. The van der Waals surface area contributed by atoms with Crippen LogP contribution in [0.3, 0.4) is 0 Å². The Bertz CT molecular complexity index is 1870. The molecule has 0 amide bonds. The van der Waals surface area contributed by atoms with Gasteiger partial charge in [0, 0.05) is 12.8 Å². The largest absolute Gasteiger partial charge is 0.545 e. The fraction of sp³-hybridized carbons (Fsp3) is 0.592. The molecule has 0 bridgehead atoms. The van der Waals surface area contributed by atoms with Gasteiger partial charge in [-0.2, -0.15) is 0 Å². The molecule has 0 rings (SSSR count). The number of hydrogen-bond acceptors (Lipinski definition) is 8. The quantitative estimate of drug-likeness (QED) is 0.0195. The first kappa shape index (κ1) is 74.9. The van der Waals surface area contributed by atoms with Gasteiger partial charge in [0.15, 0.2) is 12.4 Å². The lowest BCUT2D eigenvalue weighted by Gasteiger charge is -2.26. The lowest BCUT2D eigenvalue weighted by atomic mass is 10.1. The van der Waals surface area contributed by atoms with Crippen LogP contribution in [0, 0.1) is 0 Å². The van der Waals surface area contributed by atoms with Crippen molar-refractivity contribution in [2.24, 2.45) is 0 Å². The number of nitrogens with zero attached hydrogens (tertiary/aromatic N) is 1. The minimum Gasteiger partial charge on any atom is -0.545 e. The van der Waals surface area contributed by atoms with Crippen LogP contribution in [0.15, 0.2) is 158 Å². The molecule has 0 N–H and O–H groups in total. The van der Waals surface area contributed by atoms with Gasteiger partial charge < -0.3 is 33.3 Å². The number of carboxylic acid groups (broad SMARTS) is 1. The highest BCUT2D eigenvalue weighted by molar-refractivity contribution is 5.70. The summed E-state index contributed by atoms with van der Waals surface area (Å²) in [5.41, 5.74) is 0. The molecule has 0 spiro atoms. The zero-order chi connectivity index (χ0) is 58.3. The molecule has 0 aromatic rings. The maximum Gasteiger partial charge on any atom is 0.306 e. The summed E-state index contributed by atoms with van der Waals surface area (Å²) in [5.74, 6) is -2.35. The second-order valence-corrected chi connectivity index (χ2v) is 21.3. The molecule has 0 aromatic carbocycles. The Morgan fingerprint density at radius 2 is 0.713 bits per heavy atom. The molecule has 2 atom stereocenters. The van der Waals surface area contributed by atoms with Crippen LogP contribution in [0.4, 0.5) is 0 Å². The van der Waals surface area contributed by atoms with Gasteiger partial charge in [-0.05, 0) is 128 Å². The zero-order valence-corrected chi connectivity index (χ0v) is 51.1. The number of allylic oxidation sites excluding steroid dienone is 26. The van der Waals surface area contributed by atoms with Gasteiger partial charge >= 0.3 is 11.9 Å². The number of aliphatic carboxylic acids is 1. The zero-order valence-electron chi connectivity index (χ0n) is 51.1. The van der Waals surface area contributed by atoms with E-state index in [0.717, 1.165) is 141 Å². The fourth-order valence-corrected chi connectivity index (χ4v) is 7.75. The standard InChI is InChI=1S/C71H113NO8/c1-6-8-10-12-14-16-18-20-22-24-25-26-27-28-29-30-31-32-33-34-35-36-37-38-39-40-41-42-43-44-45-46-48-50-52-54-56-58-60-62-69(74)80-67(66-79-71(70(75)76)77-64-63-72(3,4)5)65-78-68(73)61-59-57-55-53-51-49-47-23-21-19-17-15-13-11-9-7-2/h8,10,14,16-17,19-20,22-23,25-26,28-29,31-32,34-35,37-38,40-41,43-44,46-48,67,71H,6-7,9,11-13,15,18,21,24,27,30,33,36,39,42,45,49-66H2,1-5H3/b10-8-,16-14-,19-17-,22-20-,26-25-,29-28-,32-31-,35-34-,38-37-,41-40-,44-43-,47-23-,48-46-. The summed E-state index contributed by atoms with van der Waals surface area (Å²) >= 11 is 0. The molecular weight excluding hydrogens is 995 g/mol. The fourth-order valence-electron chi connectivity index (χ4n) is 7.75. The smallest absolute Gasteiger partial charge is 0.306 e. The van der Waals surface area contributed by atoms with Crippen molar-refractivity contribution in [3.05, 3.63) is 158 Å². The van der Waals surface area contributed by atoms with E-state index >= 15 is 0 Å². The highest BCUT2D eigenvalue weighted by Crippen LogP contribution is 2.13. The number of carbonyl (C=O) groups excluding carboxylic acids is 3. The Labute approximate surface area is 489 Å². The molecule has 0 saturated heterocycles. The molecule has 0 aromatic heterocycles. The molecule has 450 valence electrons. The predicted octanol–water partition coefficient (Wildman–Crippen LogP) is 17.6. The van der Waals surface area contributed by atoms with Crippen molar-refractivity contribution >= 4 is 17.9 Å². The van der Waals surface area contributed by atoms with E-state index in [1.807, 2.05) is 21.1 Å². The summed E-state index contributed by atoms with van der Waals surface area (Å²) in [6, 6.07) is 0. The van der Waals surface area contributed by atoms with Crippen LogP contribution in [0.1, 0.15) is 213 Å². The van der Waals surface area contributed by atoms with Crippen LogP contribution in [0.5, 0.6) is 0 Å². The average Bonchev–Trinajstić information content (AvgIpc) is 3.43. The summed E-state index contributed by atoms with van der Waals surface area (Å²) < 4.78 is 22.6. The maximum atomic E-state index is 12.9. The van der Waals surface area contributed by atoms with Crippen LogP contribution in [0.2, 0.25) is 0 Å². The SMILES string of the molecule is CC/C=C\C/C=C\C/C=C\C/C=C\C/C=C\C/C=C\C/C=C\C/C=C\C/C=C\C/C=C\C/C=C\CCCCCCCC(=O)OC(COC(=O)CCCCCCC/C=C\C/C=C\CCCCCC)COC(OCC[N+](C)(C)C)C(=O)[O-]. The minimum atomic E-state index is -1.64. The van der Waals surface area contributed by atoms with E-state index in [1.165, 1.54) is 32.1 Å². The topological polar surface area (TPSA) is 111 Å². The number of ether oxygens (including phenoxy) is 4. The molecule has 0 aliphatic heterocycles. The Morgan fingerprint density at radius 3 is 1.06 bits per heavy atom. The van der Waals surface area contributed by atoms with Crippen molar-refractivity contribution in [3.8, 4) is 0 Å². The van der Waals surface area contributed by atoms with E-state index in [0.29, 0.717) is 23.9 Å². The van der Waals surface area contributed by atoms with Crippen LogP contribution >= 0.6 is 0 Å². The molecule has 0 fully saturated rings. The molecule has 0 saturated carbocycles. The average molecular weight is 1110 g/mol. The summed E-state index contributed by atoms with van der Waals surface area (Å²) in [7, 11) is 5.90. The summed E-state index contributed by atoms with van der Waals surface area (Å²) in [4.78, 5) is 37.3. The van der Waals surface area contributed by atoms with Gasteiger partial charge in [-0.15, -0.1) is 0 Å². The lowest BCUT2D eigenvalue weighted by molar-refractivity contribution is -0.870. The molecule has 9 heteroatoms. The number of carbonyl (C=O) groups is 3. The third kappa shape index (κ3) is 60.5. The number of likely N-dealkylation sites (N-methyl/N-ethyl adjacent to an activating group) is 1. The van der Waals surface area contributed by atoms with E-state index in [2.05, 4.69) is 172 Å². The van der Waals surface area contributed by atoms with Crippen molar-refractivity contribution in [1.82, 2.24) is 0 Å². The van der Waals surface area contributed by atoms with Crippen molar-refractivity contribution in [1.29, 1.82) is 0 Å². The Kier molecular flexibility index (Phi) is 56.2. The molecule has 9 nitrogen and oxygen atoms in total. The van der Waals surface area contributed by atoms with Gasteiger partial charge in [-0.1, -0.05) is 230 Å². The molecule has 2 unspecified atom stereocenters. The minimum absolute atomic E-state index is 0.133. The predicted molar refractivity (Wildman–Crippen MR) is 338 cm³/mol. The molecule has 80 heavy (non-hydrogen) atoms. The van der Waals surface area contributed by atoms with Gasteiger partial charge in [0.1, 0.15) is 13.2 Å². The Morgan fingerprint density at radius 1 is 0.388 bits per heavy atom. The second-order valence-electron chi connectivity index (χ2n) is 21.3. The number of rotatable bonds is 55. The molecule has 0 aliphatic carbocycles. The first-order valence-corrected chi connectivity index (χ1v) is 31.1. The van der Waals surface area contributed by atoms with Crippen molar-refractivity contribution in [3.63, 3.8) is 0 Å². The van der Waals surface area contributed by atoms with E-state index in [1.54, 1.807) is 0 Å². The number of unbranched alkanes of at least 4 members (excludes halogenated alkanes) is 14. The Hall–Kier alpha value is -5.09.